The number of ether oxygens (including phenoxy) is 2. The van der Waals surface area contributed by atoms with E-state index in [4.69, 9.17) is 9.47 Å². The van der Waals surface area contributed by atoms with Gasteiger partial charge in [0, 0.05) is 6.07 Å². The molecule has 0 atom stereocenters. The number of hydrogen-bond donors (Lipinski definition) is 0. The predicted octanol–water partition coefficient (Wildman–Crippen LogP) is 1.39. The van der Waals surface area contributed by atoms with Gasteiger partial charge in [0.25, 0.3) is 0 Å². The SMILES string of the molecule is CCS(=O)(=O)c1cc(OC)c(C)cc1OC.[CH2]=[Ca]. The first-order valence-corrected chi connectivity index (χ1v) is 8.63. The zero-order valence-corrected chi connectivity index (χ0v) is 14.3. The van der Waals surface area contributed by atoms with E-state index in [0.717, 1.165) is 40.8 Å². The first-order chi connectivity index (χ1) is 8.46. The van der Waals surface area contributed by atoms with Crippen LogP contribution in [0.1, 0.15) is 12.5 Å². The molecule has 0 spiro atoms. The van der Waals surface area contributed by atoms with Crippen molar-refractivity contribution in [2.24, 2.45) is 0 Å². The van der Waals surface area contributed by atoms with Crippen molar-refractivity contribution in [1.29, 1.82) is 0 Å². The van der Waals surface area contributed by atoms with Gasteiger partial charge in [-0.3, -0.25) is 0 Å². The zero-order chi connectivity index (χ0) is 14.3. The number of hydrogen-bond acceptors (Lipinski definition) is 4. The molecule has 1 aromatic carbocycles. The van der Waals surface area contributed by atoms with Crippen molar-refractivity contribution in [3.8, 4) is 11.5 Å². The van der Waals surface area contributed by atoms with Gasteiger partial charge in [-0.2, -0.15) is 0 Å². The van der Waals surface area contributed by atoms with Crippen molar-refractivity contribution in [3.63, 3.8) is 0 Å². The molecule has 0 heterocycles. The van der Waals surface area contributed by atoms with Crippen LogP contribution in [0.15, 0.2) is 17.0 Å². The summed E-state index contributed by atoms with van der Waals surface area (Å²) in [6, 6.07) is 3.17. The van der Waals surface area contributed by atoms with Crippen molar-refractivity contribution in [2.45, 2.75) is 18.7 Å². The second-order valence-electron chi connectivity index (χ2n) is 3.38. The Morgan fingerprint density at radius 3 is 2.06 bits per heavy atom. The Morgan fingerprint density at radius 1 is 1.17 bits per heavy atom. The monoisotopic (exact) mass is 298 g/mol. The molecule has 18 heavy (non-hydrogen) atoms. The van der Waals surface area contributed by atoms with Crippen LogP contribution in [0.25, 0.3) is 0 Å². The van der Waals surface area contributed by atoms with Crippen LogP contribution in [0.4, 0.5) is 0 Å². The predicted molar refractivity (Wildman–Crippen MR) is 74.9 cm³/mol. The molecule has 0 N–H and O–H groups in total. The van der Waals surface area contributed by atoms with Gasteiger partial charge in [0.1, 0.15) is 16.4 Å². The van der Waals surface area contributed by atoms with Crippen LogP contribution in [0.2, 0.25) is 0 Å². The molecule has 0 bridgehead atoms. The van der Waals surface area contributed by atoms with E-state index in [1.807, 2.05) is 6.92 Å². The summed E-state index contributed by atoms with van der Waals surface area (Å²) >= 11 is 1.12. The molecular formula is C12H18CaO4S. The van der Waals surface area contributed by atoms with Crippen molar-refractivity contribution >= 4 is 47.7 Å². The maximum absolute atomic E-state index is 11.8. The first-order valence-electron chi connectivity index (χ1n) is 5.41. The van der Waals surface area contributed by atoms with Gasteiger partial charge in [0.15, 0.2) is 9.84 Å². The molecular weight excluding hydrogens is 280 g/mol. The molecule has 0 unspecified atom stereocenters. The van der Waals surface area contributed by atoms with E-state index in [1.54, 1.807) is 13.0 Å². The Labute approximate surface area is 132 Å². The van der Waals surface area contributed by atoms with E-state index in [9.17, 15) is 8.42 Å². The summed E-state index contributed by atoms with van der Waals surface area (Å²) in [4.78, 5) is 0.181. The van der Waals surface area contributed by atoms with Gasteiger partial charge in [-0.1, -0.05) is 6.92 Å². The summed E-state index contributed by atoms with van der Waals surface area (Å²) in [7, 11) is -0.330. The fourth-order valence-corrected chi connectivity index (χ4v) is 2.47. The molecule has 0 aliphatic carbocycles. The molecule has 0 aromatic heterocycles. The summed E-state index contributed by atoms with van der Waals surface area (Å²) in [6.45, 7) is 3.44. The van der Waals surface area contributed by atoms with Gasteiger partial charge in [0.05, 0.1) is 20.0 Å². The van der Waals surface area contributed by atoms with Crippen molar-refractivity contribution < 1.29 is 17.9 Å². The van der Waals surface area contributed by atoms with Crippen LogP contribution < -0.4 is 9.47 Å². The van der Waals surface area contributed by atoms with Crippen LogP contribution in [0.3, 0.4) is 0 Å². The quantitative estimate of drug-likeness (QED) is 0.788. The maximum atomic E-state index is 11.8. The summed E-state index contributed by atoms with van der Waals surface area (Å²) in [5.41, 5.74) is 0.842. The normalized spacial score (nSPS) is 10.3. The Hall–Kier alpha value is -0.100. The summed E-state index contributed by atoms with van der Waals surface area (Å²) in [5.74, 6) is 0.947. The number of sulfone groups is 1. The molecule has 98 valence electrons. The van der Waals surface area contributed by atoms with E-state index in [-0.39, 0.29) is 10.6 Å². The molecule has 0 saturated carbocycles. The summed E-state index contributed by atoms with van der Waals surface area (Å²) < 4.78 is 37.2. The van der Waals surface area contributed by atoms with E-state index in [0.29, 0.717) is 11.5 Å². The van der Waals surface area contributed by atoms with Crippen molar-refractivity contribution in [3.05, 3.63) is 17.7 Å². The van der Waals surface area contributed by atoms with E-state index >= 15 is 0 Å². The molecule has 0 aliphatic heterocycles. The van der Waals surface area contributed by atoms with Gasteiger partial charge >= 0.3 is 37.9 Å². The van der Waals surface area contributed by atoms with E-state index in [1.165, 1.54) is 20.3 Å². The molecule has 4 nitrogen and oxygen atoms in total. The Kier molecular flexibility index (Phi) is 8.10. The Bertz CT molecular complexity index is 497. The average Bonchev–Trinajstić information content (AvgIpc) is 2.40. The van der Waals surface area contributed by atoms with E-state index in [2.05, 4.69) is 2.59 Å². The molecule has 0 fully saturated rings. The Morgan fingerprint density at radius 2 is 1.67 bits per heavy atom. The molecule has 0 radical (unpaired) electrons. The topological polar surface area (TPSA) is 52.6 Å². The van der Waals surface area contributed by atoms with Crippen molar-refractivity contribution in [1.82, 2.24) is 0 Å². The summed E-state index contributed by atoms with van der Waals surface area (Å²) in [6.07, 6.45) is 0. The molecule has 0 amide bonds. The van der Waals surface area contributed by atoms with Gasteiger partial charge in [-0.15, -0.1) is 0 Å². The molecule has 1 rings (SSSR count). The fourth-order valence-electron chi connectivity index (χ4n) is 1.42. The Balaban J connectivity index is 0.00000137. The van der Waals surface area contributed by atoms with Crippen LogP contribution in [0, 0.1) is 6.92 Å². The van der Waals surface area contributed by atoms with Gasteiger partial charge in [-0.25, -0.2) is 8.42 Å². The fraction of sp³-hybridized carbons (Fsp3) is 0.417. The standard InChI is InChI=1S/C11H16O4S.CH2.Ca/c1-5-16(12,13)11-7-9(14-3)8(2)6-10(11)15-4;;/h6-7H,5H2,1-4H3;1H2;. The third-order valence-corrected chi connectivity index (χ3v) is 4.15. The van der Waals surface area contributed by atoms with E-state index < -0.39 is 9.84 Å². The molecule has 0 aliphatic rings. The van der Waals surface area contributed by atoms with Crippen molar-refractivity contribution in [2.75, 3.05) is 20.0 Å². The number of aryl methyl sites for hydroxylation is 1. The van der Waals surface area contributed by atoms with Crippen LogP contribution in [-0.2, 0) is 9.84 Å². The average molecular weight is 298 g/mol. The van der Waals surface area contributed by atoms with Gasteiger partial charge in [0.2, 0.25) is 0 Å². The van der Waals surface area contributed by atoms with Crippen LogP contribution in [-0.4, -0.2) is 66.2 Å². The summed E-state index contributed by atoms with van der Waals surface area (Å²) in [5, 5.41) is 0. The van der Waals surface area contributed by atoms with Crippen LogP contribution in [0.5, 0.6) is 11.5 Å². The number of methoxy groups -OCH3 is 2. The van der Waals surface area contributed by atoms with Gasteiger partial charge in [-0.05, 0) is 18.6 Å². The third-order valence-electron chi connectivity index (χ3n) is 2.40. The third kappa shape index (κ3) is 4.23. The molecule has 0 saturated heterocycles. The zero-order valence-electron chi connectivity index (χ0n) is 11.3. The number of benzene rings is 1. The molecule has 1 aromatic rings. The number of rotatable bonds is 4. The first kappa shape index (κ1) is 17.9. The minimum absolute atomic E-state index is 0.0373. The second-order valence-corrected chi connectivity index (χ2v) is 5.62. The van der Waals surface area contributed by atoms with Gasteiger partial charge < -0.3 is 9.47 Å². The van der Waals surface area contributed by atoms with Crippen LogP contribution >= 0.6 is 0 Å². The second kappa shape index (κ2) is 8.15. The molecule has 6 heteroatoms. The minimum atomic E-state index is -3.30.